The van der Waals surface area contributed by atoms with Gasteiger partial charge in [0.15, 0.2) is 0 Å². The number of benzene rings is 1. The van der Waals surface area contributed by atoms with E-state index < -0.39 is 29.7 Å². The third kappa shape index (κ3) is 3.45. The van der Waals surface area contributed by atoms with E-state index in [1.54, 1.807) is 0 Å². The van der Waals surface area contributed by atoms with E-state index in [9.17, 15) is 23.1 Å². The van der Waals surface area contributed by atoms with E-state index >= 15 is 0 Å². The van der Waals surface area contributed by atoms with E-state index in [1.165, 1.54) is 6.07 Å². The van der Waals surface area contributed by atoms with Crippen LogP contribution >= 0.6 is 0 Å². The predicted octanol–water partition coefficient (Wildman–Crippen LogP) is 2.39. The highest BCUT2D eigenvalue weighted by Crippen LogP contribution is 2.33. The molecule has 0 aromatic heterocycles. The molecule has 2 N–H and O–H groups in total. The van der Waals surface area contributed by atoms with Crippen molar-refractivity contribution in [3.05, 3.63) is 35.4 Å². The molecule has 0 heterocycles. The first kappa shape index (κ1) is 13.5. The Balaban J connectivity index is 3.11. The Morgan fingerprint density at radius 3 is 2.29 bits per heavy atom. The highest BCUT2D eigenvalue weighted by molar-refractivity contribution is 5.68. The van der Waals surface area contributed by atoms with Crippen molar-refractivity contribution in [1.29, 1.82) is 0 Å². The molecule has 0 radical (unpaired) electrons. The molecule has 0 saturated heterocycles. The van der Waals surface area contributed by atoms with Gasteiger partial charge < -0.3 is 10.2 Å². The number of alkyl halides is 3. The van der Waals surface area contributed by atoms with Crippen molar-refractivity contribution >= 4 is 5.97 Å². The molecular weight excluding hydrogens is 237 g/mol. The molecule has 1 aromatic rings. The van der Waals surface area contributed by atoms with Crippen LogP contribution < -0.4 is 0 Å². The molecule has 0 aliphatic carbocycles. The molecule has 0 spiro atoms. The molecule has 94 valence electrons. The largest absolute Gasteiger partial charge is 0.481 e. The lowest BCUT2D eigenvalue weighted by Gasteiger charge is -2.22. The summed E-state index contributed by atoms with van der Waals surface area (Å²) in [4.78, 5) is 10.5. The summed E-state index contributed by atoms with van der Waals surface area (Å²) in [5.41, 5.74) is -2.82. The maximum Gasteiger partial charge on any atom is 0.416 e. The second kappa shape index (κ2) is 4.37. The fourth-order valence-corrected chi connectivity index (χ4v) is 1.43. The van der Waals surface area contributed by atoms with Crippen molar-refractivity contribution in [3.8, 4) is 0 Å². The lowest BCUT2D eigenvalue weighted by molar-refractivity contribution is -0.142. The van der Waals surface area contributed by atoms with Gasteiger partial charge in [-0.3, -0.25) is 4.79 Å². The fraction of sp³-hybridized carbons (Fsp3) is 0.364. The molecule has 0 aliphatic heterocycles. The Morgan fingerprint density at radius 1 is 1.29 bits per heavy atom. The van der Waals surface area contributed by atoms with Crippen molar-refractivity contribution in [2.45, 2.75) is 25.1 Å². The molecule has 1 unspecified atom stereocenters. The van der Waals surface area contributed by atoms with Crippen molar-refractivity contribution in [2.75, 3.05) is 0 Å². The SMILES string of the molecule is CC(O)(CC(=O)O)c1cccc(C(F)(F)F)c1. The minimum absolute atomic E-state index is 0.0743. The smallest absolute Gasteiger partial charge is 0.416 e. The van der Waals surface area contributed by atoms with Crippen LogP contribution in [0.25, 0.3) is 0 Å². The Morgan fingerprint density at radius 2 is 1.82 bits per heavy atom. The van der Waals surface area contributed by atoms with Crippen molar-refractivity contribution in [3.63, 3.8) is 0 Å². The minimum Gasteiger partial charge on any atom is -0.481 e. The standard InChI is InChI=1S/C11H11F3O3/c1-10(17,6-9(15)16)7-3-2-4-8(5-7)11(12,13)14/h2-5,17H,6H2,1H3,(H,15,16). The highest BCUT2D eigenvalue weighted by Gasteiger charge is 2.33. The zero-order chi connectivity index (χ0) is 13.3. The molecule has 1 atom stereocenters. The monoisotopic (exact) mass is 248 g/mol. The summed E-state index contributed by atoms with van der Waals surface area (Å²) >= 11 is 0. The Kier molecular flexibility index (Phi) is 3.47. The lowest BCUT2D eigenvalue weighted by atomic mass is 9.91. The third-order valence-corrected chi connectivity index (χ3v) is 2.31. The zero-order valence-corrected chi connectivity index (χ0v) is 8.95. The number of carbonyl (C=O) groups is 1. The average molecular weight is 248 g/mol. The van der Waals surface area contributed by atoms with Gasteiger partial charge in [-0.2, -0.15) is 13.2 Å². The number of halogens is 3. The predicted molar refractivity (Wildman–Crippen MR) is 53.3 cm³/mol. The molecular formula is C11H11F3O3. The normalized spacial score (nSPS) is 15.4. The maximum absolute atomic E-state index is 12.4. The molecule has 0 bridgehead atoms. The number of rotatable bonds is 3. The van der Waals surface area contributed by atoms with Crippen molar-refractivity contribution in [2.24, 2.45) is 0 Å². The van der Waals surface area contributed by atoms with Crippen LogP contribution in [0.3, 0.4) is 0 Å². The molecule has 0 saturated carbocycles. The van der Waals surface area contributed by atoms with Crippen LogP contribution in [0.4, 0.5) is 13.2 Å². The van der Waals surface area contributed by atoms with Crippen LogP contribution in [0, 0.1) is 0 Å². The summed E-state index contributed by atoms with van der Waals surface area (Å²) in [7, 11) is 0. The number of carboxylic acids is 1. The summed E-state index contributed by atoms with van der Waals surface area (Å²) in [5, 5.41) is 18.4. The van der Waals surface area contributed by atoms with Crippen LogP contribution in [-0.4, -0.2) is 16.2 Å². The first-order valence-corrected chi connectivity index (χ1v) is 4.75. The number of aliphatic hydroxyl groups is 1. The zero-order valence-electron chi connectivity index (χ0n) is 8.95. The number of aliphatic carboxylic acids is 1. The van der Waals surface area contributed by atoms with Gasteiger partial charge in [-0.25, -0.2) is 0 Å². The number of carboxylic acid groups (broad SMARTS) is 1. The Hall–Kier alpha value is -1.56. The summed E-state index contributed by atoms with van der Waals surface area (Å²) in [5.74, 6) is -1.28. The van der Waals surface area contributed by atoms with E-state index in [4.69, 9.17) is 5.11 Å². The van der Waals surface area contributed by atoms with Crippen molar-refractivity contribution in [1.82, 2.24) is 0 Å². The van der Waals surface area contributed by atoms with E-state index in [2.05, 4.69) is 0 Å². The molecule has 6 heteroatoms. The maximum atomic E-state index is 12.4. The first-order valence-electron chi connectivity index (χ1n) is 4.75. The van der Waals surface area contributed by atoms with E-state index in [0.29, 0.717) is 0 Å². The van der Waals surface area contributed by atoms with Crippen LogP contribution in [0.5, 0.6) is 0 Å². The topological polar surface area (TPSA) is 57.5 Å². The van der Waals surface area contributed by atoms with Gasteiger partial charge in [0.25, 0.3) is 0 Å². The summed E-state index contributed by atoms with van der Waals surface area (Å²) < 4.78 is 37.3. The van der Waals surface area contributed by atoms with E-state index in [1.807, 2.05) is 0 Å². The molecule has 3 nitrogen and oxygen atoms in total. The molecule has 0 amide bonds. The third-order valence-electron chi connectivity index (χ3n) is 2.31. The van der Waals surface area contributed by atoms with Gasteiger partial charge in [-0.05, 0) is 24.6 Å². The van der Waals surface area contributed by atoms with Gasteiger partial charge in [0.1, 0.15) is 0 Å². The molecule has 17 heavy (non-hydrogen) atoms. The fourth-order valence-electron chi connectivity index (χ4n) is 1.43. The van der Waals surface area contributed by atoms with Crippen LogP contribution in [0.2, 0.25) is 0 Å². The van der Waals surface area contributed by atoms with Gasteiger partial charge in [-0.15, -0.1) is 0 Å². The second-order valence-electron chi connectivity index (χ2n) is 3.92. The summed E-state index contributed by atoms with van der Waals surface area (Å²) in [6.45, 7) is 1.16. The van der Waals surface area contributed by atoms with Gasteiger partial charge in [0, 0.05) is 0 Å². The Bertz CT molecular complexity index is 424. The molecule has 1 rings (SSSR count). The second-order valence-corrected chi connectivity index (χ2v) is 3.92. The van der Waals surface area contributed by atoms with Crippen LogP contribution in [0.1, 0.15) is 24.5 Å². The number of hydrogen-bond acceptors (Lipinski definition) is 2. The Labute approximate surface area is 95.5 Å². The quantitative estimate of drug-likeness (QED) is 0.863. The van der Waals surface area contributed by atoms with Gasteiger partial charge in [-0.1, -0.05) is 12.1 Å². The summed E-state index contributed by atoms with van der Waals surface area (Å²) in [6, 6.07) is 4.01. The van der Waals surface area contributed by atoms with Gasteiger partial charge >= 0.3 is 12.1 Å². The van der Waals surface area contributed by atoms with Crippen molar-refractivity contribution < 1.29 is 28.2 Å². The molecule has 1 aromatic carbocycles. The lowest BCUT2D eigenvalue weighted by Crippen LogP contribution is -2.25. The van der Waals surface area contributed by atoms with Gasteiger partial charge in [0.2, 0.25) is 0 Å². The van der Waals surface area contributed by atoms with Gasteiger partial charge in [0.05, 0.1) is 17.6 Å². The van der Waals surface area contributed by atoms with E-state index in [0.717, 1.165) is 25.1 Å². The first-order chi connectivity index (χ1) is 7.63. The summed E-state index contributed by atoms with van der Waals surface area (Å²) in [6.07, 6.45) is -5.18. The van der Waals surface area contributed by atoms with Crippen LogP contribution in [0.15, 0.2) is 24.3 Å². The minimum atomic E-state index is -4.52. The molecule has 0 fully saturated rings. The highest BCUT2D eigenvalue weighted by atomic mass is 19.4. The average Bonchev–Trinajstić information content (AvgIpc) is 2.14. The van der Waals surface area contributed by atoms with E-state index in [-0.39, 0.29) is 5.56 Å². The number of hydrogen-bond donors (Lipinski definition) is 2. The van der Waals surface area contributed by atoms with Crippen LogP contribution in [-0.2, 0) is 16.6 Å². The molecule has 0 aliphatic rings.